The quantitative estimate of drug-likeness (QED) is 0.652. The van der Waals surface area contributed by atoms with Gasteiger partial charge in [-0.1, -0.05) is 36.4 Å². The molecule has 0 unspecified atom stereocenters. The van der Waals surface area contributed by atoms with Crippen LogP contribution in [-0.2, 0) is 6.54 Å². The molecule has 27 heavy (non-hydrogen) atoms. The van der Waals surface area contributed by atoms with Crippen LogP contribution in [0.4, 0.5) is 11.6 Å². The third kappa shape index (κ3) is 4.76. The Morgan fingerprint density at radius 2 is 1.85 bits per heavy atom. The van der Waals surface area contributed by atoms with E-state index in [1.54, 1.807) is 30.3 Å². The zero-order chi connectivity index (χ0) is 19.2. The summed E-state index contributed by atoms with van der Waals surface area (Å²) in [6.07, 6.45) is 1.54. The Morgan fingerprint density at radius 3 is 2.63 bits per heavy atom. The summed E-state index contributed by atoms with van der Waals surface area (Å²) in [7, 11) is 0. The maximum atomic E-state index is 12.5. The number of anilines is 2. The highest BCUT2D eigenvalue weighted by Crippen LogP contribution is 2.13. The van der Waals surface area contributed by atoms with Gasteiger partial charge in [0.15, 0.2) is 5.78 Å². The second kappa shape index (κ2) is 8.23. The number of ketones is 1. The van der Waals surface area contributed by atoms with E-state index in [2.05, 4.69) is 20.6 Å². The number of Topliss-reactive ketones (excluding diaryl/α,β-unsaturated/α-hetero) is 1. The number of aromatic nitrogens is 2. The number of amides is 1. The van der Waals surface area contributed by atoms with Gasteiger partial charge in [-0.05, 0) is 43.2 Å². The number of carbonyl (C=O) groups excluding carboxylic acids is 2. The first-order valence-corrected chi connectivity index (χ1v) is 8.57. The van der Waals surface area contributed by atoms with Crippen molar-refractivity contribution in [3.05, 3.63) is 83.2 Å². The van der Waals surface area contributed by atoms with Gasteiger partial charge in [0.1, 0.15) is 5.69 Å². The molecular formula is C21H20N4O2. The lowest BCUT2D eigenvalue weighted by molar-refractivity contribution is 0.100. The number of aryl methyl sites for hydroxylation is 1. The predicted octanol–water partition coefficient (Wildman–Crippen LogP) is 3.85. The summed E-state index contributed by atoms with van der Waals surface area (Å²) in [4.78, 5) is 32.4. The van der Waals surface area contributed by atoms with E-state index in [0.717, 1.165) is 5.56 Å². The molecule has 0 aliphatic rings. The van der Waals surface area contributed by atoms with Gasteiger partial charge < -0.3 is 10.6 Å². The lowest BCUT2D eigenvalue weighted by Gasteiger charge is -2.09. The van der Waals surface area contributed by atoms with Crippen molar-refractivity contribution in [1.82, 2.24) is 9.97 Å². The molecule has 6 heteroatoms. The molecule has 0 radical (unpaired) electrons. The minimum atomic E-state index is -0.364. The van der Waals surface area contributed by atoms with Crippen LogP contribution in [0.1, 0.15) is 38.9 Å². The molecule has 1 aromatic heterocycles. The van der Waals surface area contributed by atoms with Crippen molar-refractivity contribution in [1.29, 1.82) is 0 Å². The number of hydrogen-bond donors (Lipinski definition) is 2. The van der Waals surface area contributed by atoms with Crippen LogP contribution in [0.3, 0.4) is 0 Å². The van der Waals surface area contributed by atoms with E-state index in [4.69, 9.17) is 0 Å². The number of hydrogen-bond acceptors (Lipinski definition) is 5. The van der Waals surface area contributed by atoms with Crippen LogP contribution < -0.4 is 10.6 Å². The fraction of sp³-hybridized carbons (Fsp3) is 0.143. The Labute approximate surface area is 157 Å². The average Bonchev–Trinajstić information content (AvgIpc) is 2.68. The van der Waals surface area contributed by atoms with Crippen molar-refractivity contribution in [3.63, 3.8) is 0 Å². The highest BCUT2D eigenvalue weighted by atomic mass is 16.2. The summed E-state index contributed by atoms with van der Waals surface area (Å²) < 4.78 is 0. The molecule has 6 nitrogen and oxygen atoms in total. The Bertz CT molecular complexity index is 985. The van der Waals surface area contributed by atoms with E-state index >= 15 is 0 Å². The topological polar surface area (TPSA) is 84.0 Å². The predicted molar refractivity (Wildman–Crippen MR) is 105 cm³/mol. The molecule has 0 bridgehead atoms. The molecule has 0 fully saturated rings. The van der Waals surface area contributed by atoms with Crippen molar-refractivity contribution < 1.29 is 9.59 Å². The lowest BCUT2D eigenvalue weighted by atomic mass is 10.1. The van der Waals surface area contributed by atoms with E-state index in [-0.39, 0.29) is 17.4 Å². The fourth-order valence-corrected chi connectivity index (χ4v) is 2.56. The van der Waals surface area contributed by atoms with E-state index in [1.165, 1.54) is 18.7 Å². The molecule has 3 rings (SSSR count). The van der Waals surface area contributed by atoms with Crippen LogP contribution in [-0.4, -0.2) is 21.7 Å². The minimum Gasteiger partial charge on any atom is -0.350 e. The largest absolute Gasteiger partial charge is 0.350 e. The number of benzene rings is 2. The van der Waals surface area contributed by atoms with E-state index in [9.17, 15) is 9.59 Å². The second-order valence-corrected chi connectivity index (χ2v) is 6.14. The van der Waals surface area contributed by atoms with E-state index in [0.29, 0.717) is 23.7 Å². The highest BCUT2D eigenvalue weighted by Gasteiger charge is 2.10. The van der Waals surface area contributed by atoms with Gasteiger partial charge in [-0.2, -0.15) is 0 Å². The lowest BCUT2D eigenvalue weighted by Crippen LogP contribution is -2.15. The molecule has 0 saturated heterocycles. The molecule has 2 aromatic carbocycles. The van der Waals surface area contributed by atoms with Crippen molar-refractivity contribution in [2.24, 2.45) is 0 Å². The summed E-state index contributed by atoms with van der Waals surface area (Å²) in [6.45, 7) is 4.09. The Hall–Kier alpha value is -3.54. The van der Waals surface area contributed by atoms with Gasteiger partial charge in [0.2, 0.25) is 5.95 Å². The van der Waals surface area contributed by atoms with Gasteiger partial charge in [-0.25, -0.2) is 9.97 Å². The van der Waals surface area contributed by atoms with Crippen LogP contribution >= 0.6 is 0 Å². The van der Waals surface area contributed by atoms with Crippen LogP contribution in [0.5, 0.6) is 0 Å². The monoisotopic (exact) mass is 360 g/mol. The summed E-state index contributed by atoms with van der Waals surface area (Å²) in [6, 6.07) is 16.4. The Balaban J connectivity index is 1.69. The smallest absolute Gasteiger partial charge is 0.274 e. The van der Waals surface area contributed by atoms with Gasteiger partial charge in [-0.3, -0.25) is 9.59 Å². The Morgan fingerprint density at radius 1 is 1.04 bits per heavy atom. The molecule has 1 amide bonds. The highest BCUT2D eigenvalue weighted by molar-refractivity contribution is 6.04. The third-order valence-electron chi connectivity index (χ3n) is 4.11. The average molecular weight is 360 g/mol. The molecule has 3 aromatic rings. The van der Waals surface area contributed by atoms with Crippen molar-refractivity contribution in [2.75, 3.05) is 10.6 Å². The fourth-order valence-electron chi connectivity index (χ4n) is 2.56. The minimum absolute atomic E-state index is 0.0594. The molecule has 2 N–H and O–H groups in total. The Kier molecular flexibility index (Phi) is 5.56. The molecule has 0 saturated carbocycles. The van der Waals surface area contributed by atoms with Crippen LogP contribution in [0, 0.1) is 6.92 Å². The summed E-state index contributed by atoms with van der Waals surface area (Å²) in [5, 5.41) is 5.89. The zero-order valence-corrected chi connectivity index (χ0v) is 15.2. The molecule has 1 heterocycles. The molecule has 136 valence electrons. The SMILES string of the molecule is CC(=O)c1cccc(NC(=O)c2ccnc(NCc3ccccc3C)n2)c1. The van der Waals surface area contributed by atoms with Gasteiger partial charge in [0, 0.05) is 24.0 Å². The van der Waals surface area contributed by atoms with Gasteiger partial charge in [0.25, 0.3) is 5.91 Å². The number of carbonyl (C=O) groups is 2. The maximum absolute atomic E-state index is 12.5. The summed E-state index contributed by atoms with van der Waals surface area (Å²) >= 11 is 0. The third-order valence-corrected chi connectivity index (χ3v) is 4.11. The first-order valence-electron chi connectivity index (χ1n) is 8.57. The van der Waals surface area contributed by atoms with Crippen LogP contribution in [0.15, 0.2) is 60.8 Å². The standard InChI is InChI=1S/C21H20N4O2/c1-14-6-3-4-7-17(14)13-23-21-22-11-10-19(25-21)20(27)24-18-9-5-8-16(12-18)15(2)26/h3-12H,13H2,1-2H3,(H,24,27)(H,22,23,25). The molecular weight excluding hydrogens is 340 g/mol. The normalized spacial score (nSPS) is 10.3. The molecule has 0 aliphatic heterocycles. The van der Waals surface area contributed by atoms with Crippen molar-refractivity contribution >= 4 is 23.3 Å². The number of nitrogens with one attached hydrogen (secondary N) is 2. The van der Waals surface area contributed by atoms with Crippen LogP contribution in [0.25, 0.3) is 0 Å². The summed E-state index contributed by atoms with van der Waals surface area (Å²) in [5.41, 5.74) is 3.63. The molecule has 0 atom stereocenters. The molecule has 0 spiro atoms. The van der Waals surface area contributed by atoms with Crippen molar-refractivity contribution in [3.8, 4) is 0 Å². The summed E-state index contributed by atoms with van der Waals surface area (Å²) in [5.74, 6) is -0.0451. The van der Waals surface area contributed by atoms with E-state index < -0.39 is 0 Å². The second-order valence-electron chi connectivity index (χ2n) is 6.14. The maximum Gasteiger partial charge on any atom is 0.274 e. The van der Waals surface area contributed by atoms with Gasteiger partial charge in [0.05, 0.1) is 0 Å². The number of rotatable bonds is 6. The van der Waals surface area contributed by atoms with Gasteiger partial charge >= 0.3 is 0 Å². The number of nitrogens with zero attached hydrogens (tertiary/aromatic N) is 2. The first kappa shape index (κ1) is 18.3. The van der Waals surface area contributed by atoms with Crippen molar-refractivity contribution in [2.45, 2.75) is 20.4 Å². The van der Waals surface area contributed by atoms with Gasteiger partial charge in [-0.15, -0.1) is 0 Å². The van der Waals surface area contributed by atoms with E-state index in [1.807, 2.05) is 31.2 Å². The zero-order valence-electron chi connectivity index (χ0n) is 15.2. The molecule has 0 aliphatic carbocycles. The van der Waals surface area contributed by atoms with Crippen LogP contribution in [0.2, 0.25) is 0 Å². The first-order chi connectivity index (χ1) is 13.0.